The molecule has 4 amide bonds. The Hall–Kier alpha value is -5.30. The average molecular weight is 541 g/mol. The van der Waals surface area contributed by atoms with E-state index in [9.17, 15) is 14.4 Å². The van der Waals surface area contributed by atoms with Gasteiger partial charge in [-0.1, -0.05) is 84.4 Å². The Kier molecular flexibility index (Phi) is 7.00. The molecule has 0 unspecified atom stereocenters. The molecule has 41 heavy (non-hydrogen) atoms. The summed E-state index contributed by atoms with van der Waals surface area (Å²) in [6.45, 7) is 2.33. The Morgan fingerprint density at radius 1 is 0.732 bits per heavy atom. The van der Waals surface area contributed by atoms with Crippen LogP contribution in [-0.2, 0) is 16.0 Å². The van der Waals surface area contributed by atoms with Crippen molar-refractivity contribution in [3.63, 3.8) is 0 Å². The third kappa shape index (κ3) is 4.94. The molecule has 1 fully saturated rings. The lowest BCUT2D eigenvalue weighted by Gasteiger charge is -2.37. The van der Waals surface area contributed by atoms with E-state index in [-0.39, 0.29) is 0 Å². The number of aromatic nitrogens is 1. The number of carbonyl (C=O) groups is 3. The molecule has 1 aromatic heterocycles. The minimum atomic E-state index is -1.31. The van der Waals surface area contributed by atoms with Crippen molar-refractivity contribution in [3.05, 3.63) is 132 Å². The Balaban J connectivity index is 1.44. The number of rotatable bonds is 7. The molecule has 0 aliphatic carbocycles. The maximum Gasteiger partial charge on any atom is 0.342 e. The van der Waals surface area contributed by atoms with Gasteiger partial charge in [0.25, 0.3) is 11.8 Å². The molecule has 0 bridgehead atoms. The van der Waals surface area contributed by atoms with Gasteiger partial charge in [-0.2, -0.15) is 0 Å². The van der Waals surface area contributed by atoms with Crippen molar-refractivity contribution in [2.24, 2.45) is 10.9 Å². The van der Waals surface area contributed by atoms with Gasteiger partial charge < -0.3 is 4.98 Å². The predicted molar refractivity (Wildman–Crippen MR) is 161 cm³/mol. The normalized spacial score (nSPS) is 14.8. The third-order valence-electron chi connectivity index (χ3n) is 7.31. The van der Waals surface area contributed by atoms with E-state index < -0.39 is 23.8 Å². The number of fused-ring (bicyclic) bond motifs is 1. The molecule has 0 spiro atoms. The van der Waals surface area contributed by atoms with Gasteiger partial charge in [0.05, 0.1) is 17.1 Å². The van der Waals surface area contributed by atoms with Crippen molar-refractivity contribution < 1.29 is 14.4 Å². The van der Waals surface area contributed by atoms with Crippen LogP contribution < -0.4 is 9.80 Å². The van der Waals surface area contributed by atoms with Crippen LogP contribution in [0.1, 0.15) is 16.7 Å². The molecule has 0 radical (unpaired) electrons. The maximum absolute atomic E-state index is 14.1. The lowest BCUT2D eigenvalue weighted by Crippen LogP contribution is -2.62. The average Bonchev–Trinajstić information content (AvgIpc) is 3.41. The topological polar surface area (TPSA) is 85.8 Å². The van der Waals surface area contributed by atoms with Crippen LogP contribution in [0.15, 0.2) is 120 Å². The first-order valence-corrected chi connectivity index (χ1v) is 13.5. The molecule has 5 aromatic rings. The molecule has 1 aliphatic rings. The zero-order chi connectivity index (χ0) is 28.3. The van der Waals surface area contributed by atoms with Gasteiger partial charge in [0, 0.05) is 23.6 Å². The molecule has 1 aliphatic heterocycles. The second-order valence-electron chi connectivity index (χ2n) is 9.98. The Morgan fingerprint density at radius 3 is 1.90 bits per heavy atom. The van der Waals surface area contributed by atoms with Gasteiger partial charge in [-0.3, -0.25) is 14.6 Å². The highest BCUT2D eigenvalue weighted by molar-refractivity contribution is 6.43. The number of hydrogen-bond donors (Lipinski definition) is 1. The summed E-state index contributed by atoms with van der Waals surface area (Å²) in [5, 5.41) is 1.11. The Labute approximate surface area is 237 Å². The van der Waals surface area contributed by atoms with E-state index >= 15 is 0 Å². The number of amides is 4. The second kappa shape index (κ2) is 11.1. The number of aromatic amines is 1. The lowest BCUT2D eigenvalue weighted by molar-refractivity contribution is -0.129. The smallest absolute Gasteiger partial charge is 0.342 e. The molecule has 0 atom stereocenters. The summed E-state index contributed by atoms with van der Waals surface area (Å²) in [7, 11) is 0. The van der Waals surface area contributed by atoms with E-state index in [1.807, 2.05) is 67.7 Å². The van der Waals surface area contributed by atoms with Crippen molar-refractivity contribution in [2.75, 3.05) is 16.3 Å². The number of anilines is 2. The van der Waals surface area contributed by atoms with Crippen molar-refractivity contribution >= 4 is 45.8 Å². The fourth-order valence-electron chi connectivity index (χ4n) is 5.22. The van der Waals surface area contributed by atoms with E-state index in [4.69, 9.17) is 4.99 Å². The number of benzene rings is 4. The first-order chi connectivity index (χ1) is 20.0. The first-order valence-electron chi connectivity index (χ1n) is 13.5. The molecular formula is C34H28N4O3. The molecule has 6 rings (SSSR count). The fourth-order valence-corrected chi connectivity index (χ4v) is 5.22. The first kappa shape index (κ1) is 26.0. The van der Waals surface area contributed by atoms with Crippen molar-refractivity contribution in [1.82, 2.24) is 4.98 Å². The lowest BCUT2D eigenvalue weighted by atomic mass is 9.91. The predicted octanol–water partition coefficient (Wildman–Crippen LogP) is 6.32. The van der Waals surface area contributed by atoms with Gasteiger partial charge in [0.1, 0.15) is 0 Å². The second-order valence-corrected chi connectivity index (χ2v) is 9.98. The molecule has 7 nitrogen and oxygen atoms in total. The number of carbonyl (C=O) groups excluding carboxylic acids is 3. The minimum Gasteiger partial charge on any atom is -0.361 e. The highest BCUT2D eigenvalue weighted by atomic mass is 16.2. The highest BCUT2D eigenvalue weighted by Gasteiger charge is 2.49. The number of imide groups is 2. The van der Waals surface area contributed by atoms with Crippen LogP contribution in [0, 0.1) is 12.8 Å². The Bertz CT molecular complexity index is 1700. The molecule has 1 N–H and O–H groups in total. The largest absolute Gasteiger partial charge is 0.361 e. The summed E-state index contributed by atoms with van der Waals surface area (Å²) < 4.78 is 0. The van der Waals surface area contributed by atoms with Gasteiger partial charge in [-0.05, 0) is 54.8 Å². The SMILES string of the molecule is Cc1ccc(C(=NCCc2c[nH]c3ccccc23)C2C(=O)N(c3ccccc3)C(=O)N(c3ccccc3)C2=O)cc1. The number of aryl methyl sites for hydroxylation is 1. The number of urea groups is 1. The third-order valence-corrected chi connectivity index (χ3v) is 7.31. The summed E-state index contributed by atoms with van der Waals surface area (Å²) in [6.07, 6.45) is 2.58. The number of nitrogens with one attached hydrogen (secondary N) is 1. The number of barbiturate groups is 1. The molecule has 2 heterocycles. The quantitative estimate of drug-likeness (QED) is 0.194. The molecule has 0 saturated carbocycles. The van der Waals surface area contributed by atoms with Crippen LogP contribution in [-0.4, -0.2) is 35.1 Å². The number of aliphatic imine (C=N–C) groups is 1. The molecule has 7 heteroatoms. The van der Waals surface area contributed by atoms with Crippen LogP contribution in [0.2, 0.25) is 0 Å². The summed E-state index contributed by atoms with van der Waals surface area (Å²) >= 11 is 0. The molecule has 202 valence electrons. The van der Waals surface area contributed by atoms with E-state index in [2.05, 4.69) is 11.1 Å². The van der Waals surface area contributed by atoms with Crippen molar-refractivity contribution in [2.45, 2.75) is 13.3 Å². The van der Waals surface area contributed by atoms with E-state index in [0.29, 0.717) is 35.6 Å². The van der Waals surface area contributed by atoms with Gasteiger partial charge in [-0.15, -0.1) is 0 Å². The Morgan fingerprint density at radius 2 is 1.29 bits per heavy atom. The number of H-pyrrole nitrogens is 1. The highest BCUT2D eigenvalue weighted by Crippen LogP contribution is 2.31. The van der Waals surface area contributed by atoms with Gasteiger partial charge in [-0.25, -0.2) is 14.6 Å². The van der Waals surface area contributed by atoms with Crippen LogP contribution in [0.5, 0.6) is 0 Å². The zero-order valence-electron chi connectivity index (χ0n) is 22.5. The summed E-state index contributed by atoms with van der Waals surface area (Å²) in [5.74, 6) is -2.55. The summed E-state index contributed by atoms with van der Waals surface area (Å²) in [4.78, 5) is 52.4. The van der Waals surface area contributed by atoms with E-state index in [1.54, 1.807) is 48.5 Å². The number of nitrogens with zero attached hydrogens (tertiary/aromatic N) is 3. The van der Waals surface area contributed by atoms with Crippen molar-refractivity contribution in [3.8, 4) is 0 Å². The van der Waals surface area contributed by atoms with E-state index in [1.165, 1.54) is 0 Å². The van der Waals surface area contributed by atoms with Gasteiger partial charge >= 0.3 is 6.03 Å². The minimum absolute atomic E-state index is 0.342. The fraction of sp³-hybridized carbons (Fsp3) is 0.118. The van der Waals surface area contributed by atoms with Gasteiger partial charge in [0.15, 0.2) is 5.92 Å². The van der Waals surface area contributed by atoms with Crippen LogP contribution in [0.25, 0.3) is 10.9 Å². The monoisotopic (exact) mass is 540 g/mol. The zero-order valence-corrected chi connectivity index (χ0v) is 22.5. The number of hydrogen-bond acceptors (Lipinski definition) is 4. The van der Waals surface area contributed by atoms with Crippen molar-refractivity contribution in [1.29, 1.82) is 0 Å². The molecular weight excluding hydrogens is 512 g/mol. The van der Waals surface area contributed by atoms with E-state index in [0.717, 1.165) is 31.8 Å². The van der Waals surface area contributed by atoms with Gasteiger partial charge in [0.2, 0.25) is 0 Å². The summed E-state index contributed by atoms with van der Waals surface area (Å²) in [6, 6.07) is 32.3. The molecule has 4 aromatic carbocycles. The molecule has 1 saturated heterocycles. The maximum atomic E-state index is 14.1. The van der Waals surface area contributed by atoms with Crippen LogP contribution in [0.3, 0.4) is 0 Å². The van der Waals surface area contributed by atoms with Crippen LogP contribution in [0.4, 0.5) is 16.2 Å². The van der Waals surface area contributed by atoms with Crippen LogP contribution >= 0.6 is 0 Å². The summed E-state index contributed by atoms with van der Waals surface area (Å²) in [5.41, 5.74) is 4.97. The number of para-hydroxylation sites is 3. The standard InChI is InChI=1S/C34H28N4O3/c1-23-16-18-24(19-17-23)31(35-21-20-25-22-36-29-15-9-8-14-28(25)29)30-32(39)37(26-10-4-2-5-11-26)34(41)38(33(30)40)27-12-6-3-7-13-27/h2-19,22,30,36H,20-21H2,1H3.